The van der Waals surface area contributed by atoms with Crippen LogP contribution in [0.15, 0.2) is 41.6 Å². The third-order valence-corrected chi connectivity index (χ3v) is 6.05. The summed E-state index contributed by atoms with van der Waals surface area (Å²) in [6, 6.07) is 10.4. The summed E-state index contributed by atoms with van der Waals surface area (Å²) in [5, 5.41) is 7.79. The number of hydrogen-bond donors (Lipinski definition) is 2. The van der Waals surface area contributed by atoms with Crippen LogP contribution < -0.4 is 5.73 Å². The van der Waals surface area contributed by atoms with E-state index in [-0.39, 0.29) is 0 Å². The third-order valence-electron chi connectivity index (χ3n) is 6.05. The van der Waals surface area contributed by atoms with Gasteiger partial charge in [0.05, 0.1) is 0 Å². The monoisotopic (exact) mass is 339 g/mol. The van der Waals surface area contributed by atoms with E-state index in [4.69, 9.17) is 11.1 Å². The van der Waals surface area contributed by atoms with Gasteiger partial charge >= 0.3 is 0 Å². The minimum atomic E-state index is 0.447. The number of nitrogens with zero attached hydrogens (tertiary/aromatic N) is 1. The Balaban J connectivity index is 1.54. The van der Waals surface area contributed by atoms with Gasteiger partial charge < -0.3 is 16.0 Å². The van der Waals surface area contributed by atoms with E-state index < -0.39 is 0 Å². The fourth-order valence-corrected chi connectivity index (χ4v) is 4.48. The second-order valence-corrected chi connectivity index (χ2v) is 7.87. The van der Waals surface area contributed by atoms with Gasteiger partial charge in [0.25, 0.3) is 0 Å². The molecule has 3 rings (SSSR count). The van der Waals surface area contributed by atoms with Crippen LogP contribution in [-0.2, 0) is 6.42 Å². The zero-order valence-electron chi connectivity index (χ0n) is 15.4. The fourth-order valence-electron chi connectivity index (χ4n) is 4.48. The summed E-state index contributed by atoms with van der Waals surface area (Å²) >= 11 is 0. The number of nitrogens with one attached hydrogen (secondary N) is 1. The average molecular weight is 340 g/mol. The highest BCUT2D eigenvalue weighted by Crippen LogP contribution is 2.28. The van der Waals surface area contributed by atoms with Gasteiger partial charge in [-0.15, -0.1) is 0 Å². The van der Waals surface area contributed by atoms with Crippen molar-refractivity contribution in [2.75, 3.05) is 19.6 Å². The first kappa shape index (κ1) is 18.2. The van der Waals surface area contributed by atoms with Gasteiger partial charge in [0.1, 0.15) is 0 Å². The van der Waals surface area contributed by atoms with E-state index >= 15 is 0 Å². The Morgan fingerprint density at radius 2 is 1.72 bits per heavy atom. The molecule has 3 N–H and O–H groups in total. The van der Waals surface area contributed by atoms with Crippen molar-refractivity contribution in [3.63, 3.8) is 0 Å². The lowest BCUT2D eigenvalue weighted by atomic mass is 9.86. The van der Waals surface area contributed by atoms with E-state index in [9.17, 15) is 0 Å². The first-order chi connectivity index (χ1) is 12.3. The van der Waals surface area contributed by atoms with Gasteiger partial charge in [0.15, 0.2) is 0 Å². The smallest absolute Gasteiger partial charge is 0.0230 e. The Morgan fingerprint density at radius 3 is 2.36 bits per heavy atom. The van der Waals surface area contributed by atoms with Crippen molar-refractivity contribution in [1.82, 2.24) is 4.90 Å². The molecule has 0 atom stereocenters. The molecule has 0 amide bonds. The summed E-state index contributed by atoms with van der Waals surface area (Å²) in [7, 11) is 0. The maximum absolute atomic E-state index is 7.79. The zero-order chi connectivity index (χ0) is 17.5. The number of piperidine rings is 1. The van der Waals surface area contributed by atoms with Crippen molar-refractivity contribution >= 4 is 6.21 Å². The van der Waals surface area contributed by atoms with Crippen LogP contribution in [0.25, 0.3) is 0 Å². The van der Waals surface area contributed by atoms with Gasteiger partial charge in [-0.3, -0.25) is 0 Å². The molecule has 2 fully saturated rings. The zero-order valence-corrected chi connectivity index (χ0v) is 15.4. The molecule has 3 heteroatoms. The first-order valence-corrected chi connectivity index (χ1v) is 10.0. The van der Waals surface area contributed by atoms with Gasteiger partial charge in [0.2, 0.25) is 0 Å². The Morgan fingerprint density at radius 1 is 1.04 bits per heavy atom. The SMILES string of the molecule is N=C/C(Cc1ccccc1)=C(\N)C1CCN(CC2CCCCC2)CC1. The maximum atomic E-state index is 7.79. The molecule has 1 saturated carbocycles. The molecule has 1 saturated heterocycles. The number of allylic oxidation sites excluding steroid dienone is 2. The molecule has 3 nitrogen and oxygen atoms in total. The molecule has 0 bridgehead atoms. The minimum absolute atomic E-state index is 0.447. The lowest BCUT2D eigenvalue weighted by Crippen LogP contribution is -2.39. The molecular formula is C22H33N3. The summed E-state index contributed by atoms with van der Waals surface area (Å²) in [4.78, 5) is 2.65. The molecule has 0 spiro atoms. The first-order valence-electron chi connectivity index (χ1n) is 10.0. The summed E-state index contributed by atoms with van der Waals surface area (Å²) < 4.78 is 0. The van der Waals surface area contributed by atoms with Crippen LogP contribution >= 0.6 is 0 Å². The molecule has 1 aromatic carbocycles. The van der Waals surface area contributed by atoms with Crippen molar-refractivity contribution in [3.05, 3.63) is 47.2 Å². The predicted molar refractivity (Wildman–Crippen MR) is 106 cm³/mol. The van der Waals surface area contributed by atoms with Gasteiger partial charge in [-0.1, -0.05) is 49.6 Å². The summed E-state index contributed by atoms with van der Waals surface area (Å²) in [6.45, 7) is 3.62. The normalized spacial score (nSPS) is 21.8. The van der Waals surface area contributed by atoms with Crippen LogP contribution in [0.2, 0.25) is 0 Å². The molecule has 136 valence electrons. The highest BCUT2D eigenvalue weighted by Gasteiger charge is 2.25. The quantitative estimate of drug-likeness (QED) is 0.756. The number of hydrogen-bond acceptors (Lipinski definition) is 3. The van der Waals surface area contributed by atoms with Gasteiger partial charge in [-0.05, 0) is 55.8 Å². The Kier molecular flexibility index (Phi) is 6.69. The maximum Gasteiger partial charge on any atom is 0.0230 e. The predicted octanol–water partition coefficient (Wildman–Crippen LogP) is 4.38. The average Bonchev–Trinajstić information content (AvgIpc) is 2.68. The van der Waals surface area contributed by atoms with E-state index in [1.54, 1.807) is 0 Å². The van der Waals surface area contributed by atoms with E-state index in [1.165, 1.54) is 63.5 Å². The summed E-state index contributed by atoms with van der Waals surface area (Å²) in [5.41, 5.74) is 9.68. The van der Waals surface area contributed by atoms with Crippen LogP contribution in [0.3, 0.4) is 0 Å². The Labute approximate surface area is 152 Å². The van der Waals surface area contributed by atoms with Crippen molar-refractivity contribution in [2.24, 2.45) is 17.6 Å². The van der Waals surface area contributed by atoms with Crippen LogP contribution in [0, 0.1) is 17.2 Å². The summed E-state index contributed by atoms with van der Waals surface area (Å²) in [6.07, 6.45) is 11.7. The minimum Gasteiger partial charge on any atom is -0.402 e. The van der Waals surface area contributed by atoms with E-state index in [0.717, 1.165) is 36.5 Å². The largest absolute Gasteiger partial charge is 0.402 e. The van der Waals surface area contributed by atoms with Crippen LogP contribution in [0.5, 0.6) is 0 Å². The number of benzene rings is 1. The molecule has 0 aromatic heterocycles. The second kappa shape index (κ2) is 9.19. The van der Waals surface area contributed by atoms with Crippen LogP contribution in [0.4, 0.5) is 0 Å². The van der Waals surface area contributed by atoms with Crippen molar-refractivity contribution in [1.29, 1.82) is 5.41 Å². The standard InChI is InChI=1S/C22H33N3/c23-16-21(15-18-7-3-1-4-8-18)22(24)20-11-13-25(14-12-20)17-19-9-5-2-6-10-19/h1,3-4,7-8,16,19-20,23H,2,5-6,9-15,17,24H2/b22-21-,23-16?. The van der Waals surface area contributed by atoms with Crippen molar-refractivity contribution in [2.45, 2.75) is 51.4 Å². The lowest BCUT2D eigenvalue weighted by molar-refractivity contribution is 0.154. The van der Waals surface area contributed by atoms with Crippen molar-refractivity contribution in [3.8, 4) is 0 Å². The highest BCUT2D eigenvalue weighted by molar-refractivity contribution is 5.77. The number of nitrogens with two attached hydrogens (primary N) is 1. The van der Waals surface area contributed by atoms with Gasteiger partial charge in [-0.25, -0.2) is 0 Å². The molecule has 1 aliphatic carbocycles. The van der Waals surface area contributed by atoms with E-state index in [2.05, 4.69) is 29.2 Å². The number of rotatable bonds is 6. The Bertz CT molecular complexity index is 564. The lowest BCUT2D eigenvalue weighted by Gasteiger charge is -2.36. The molecule has 1 aliphatic heterocycles. The molecule has 0 radical (unpaired) electrons. The van der Waals surface area contributed by atoms with E-state index in [1.807, 2.05) is 6.07 Å². The van der Waals surface area contributed by atoms with Gasteiger partial charge in [-0.2, -0.15) is 0 Å². The Hall–Kier alpha value is -1.61. The molecule has 1 heterocycles. The van der Waals surface area contributed by atoms with Gasteiger partial charge in [0, 0.05) is 30.8 Å². The molecule has 1 aromatic rings. The van der Waals surface area contributed by atoms with Crippen LogP contribution in [0.1, 0.15) is 50.5 Å². The molecule has 25 heavy (non-hydrogen) atoms. The molecule has 2 aliphatic rings. The van der Waals surface area contributed by atoms with Crippen LogP contribution in [-0.4, -0.2) is 30.7 Å². The fraction of sp³-hybridized carbons (Fsp3) is 0.591. The number of likely N-dealkylation sites (tertiary alicyclic amines) is 1. The summed E-state index contributed by atoms with van der Waals surface area (Å²) in [5.74, 6) is 1.37. The molecule has 0 unspecified atom stereocenters. The highest BCUT2D eigenvalue weighted by atomic mass is 15.1. The third kappa shape index (κ3) is 5.18. The van der Waals surface area contributed by atoms with Crippen molar-refractivity contribution < 1.29 is 0 Å². The van der Waals surface area contributed by atoms with E-state index in [0.29, 0.717) is 5.92 Å². The topological polar surface area (TPSA) is 53.1 Å². The molecular weight excluding hydrogens is 306 g/mol. The second-order valence-electron chi connectivity index (χ2n) is 7.87.